The van der Waals surface area contributed by atoms with Crippen LogP contribution in [0.4, 0.5) is 0 Å². The summed E-state index contributed by atoms with van der Waals surface area (Å²) in [4.78, 5) is 12.7. The summed E-state index contributed by atoms with van der Waals surface area (Å²) in [6, 6.07) is 7.76. The van der Waals surface area contributed by atoms with Gasteiger partial charge in [-0.25, -0.2) is 0 Å². The lowest BCUT2D eigenvalue weighted by Crippen LogP contribution is -2.37. The van der Waals surface area contributed by atoms with Gasteiger partial charge < -0.3 is 19.3 Å². The molecule has 0 radical (unpaired) electrons. The van der Waals surface area contributed by atoms with Crippen LogP contribution in [0.25, 0.3) is 0 Å². The Morgan fingerprint density at radius 1 is 1.48 bits per heavy atom. The first kappa shape index (κ1) is 20.8. The van der Waals surface area contributed by atoms with Crippen molar-refractivity contribution in [1.29, 1.82) is 0 Å². The number of ether oxygens (including phenoxy) is 3. The van der Waals surface area contributed by atoms with Crippen LogP contribution < -0.4 is 0 Å². The lowest BCUT2D eigenvalue weighted by atomic mass is 9.91. The van der Waals surface area contributed by atoms with E-state index in [9.17, 15) is 9.90 Å². The fraction of sp³-hybridized carbons (Fsp3) is 0.550. The van der Waals surface area contributed by atoms with E-state index in [1.54, 1.807) is 11.8 Å². The Morgan fingerprint density at radius 3 is 3.04 bits per heavy atom. The maximum atomic E-state index is 12.7. The third-order valence-corrected chi connectivity index (χ3v) is 6.29. The average Bonchev–Trinajstić information content (AvgIpc) is 3.08. The SMILES string of the molecule is CCOCC(=O)C1=CC2(CCC1SCc1cccc(Cl)c1)OCC(CO)O2. The van der Waals surface area contributed by atoms with Gasteiger partial charge in [0.25, 0.3) is 0 Å². The summed E-state index contributed by atoms with van der Waals surface area (Å²) in [6.45, 7) is 2.65. The zero-order valence-electron chi connectivity index (χ0n) is 15.4. The third-order valence-electron chi connectivity index (χ3n) is 4.66. The number of ketones is 1. The monoisotopic (exact) mass is 412 g/mol. The minimum absolute atomic E-state index is 0.0424. The van der Waals surface area contributed by atoms with Gasteiger partial charge >= 0.3 is 0 Å². The summed E-state index contributed by atoms with van der Waals surface area (Å²) in [5, 5.41) is 10.1. The number of benzene rings is 1. The Balaban J connectivity index is 1.75. The molecule has 1 aromatic carbocycles. The Labute approximate surface area is 169 Å². The summed E-state index contributed by atoms with van der Waals surface area (Å²) in [5.41, 5.74) is 1.80. The molecule has 3 rings (SSSR count). The lowest BCUT2D eigenvalue weighted by Gasteiger charge is -2.34. The van der Waals surface area contributed by atoms with Gasteiger partial charge in [0, 0.05) is 34.6 Å². The molecule has 1 aromatic rings. The average molecular weight is 413 g/mol. The van der Waals surface area contributed by atoms with Crippen LogP contribution in [0.1, 0.15) is 25.3 Å². The highest BCUT2D eigenvalue weighted by Gasteiger charge is 2.44. The van der Waals surface area contributed by atoms with Crippen molar-refractivity contribution in [3.63, 3.8) is 0 Å². The Hall–Kier alpha value is -0.890. The summed E-state index contributed by atoms with van der Waals surface area (Å²) < 4.78 is 17.0. The number of thioether (sulfide) groups is 1. The minimum Gasteiger partial charge on any atom is -0.394 e. The maximum Gasteiger partial charge on any atom is 0.189 e. The highest BCUT2D eigenvalue weighted by molar-refractivity contribution is 7.99. The molecular formula is C20H25ClO5S. The summed E-state index contributed by atoms with van der Waals surface area (Å²) in [5.74, 6) is -0.185. The second-order valence-electron chi connectivity index (χ2n) is 6.67. The van der Waals surface area contributed by atoms with Crippen molar-refractivity contribution in [1.82, 2.24) is 0 Å². The van der Waals surface area contributed by atoms with Crippen LogP contribution in [0, 0.1) is 0 Å². The number of aliphatic hydroxyl groups is 1. The molecule has 1 aliphatic carbocycles. The quantitative estimate of drug-likeness (QED) is 0.706. The molecule has 1 saturated heterocycles. The molecule has 1 fully saturated rings. The summed E-state index contributed by atoms with van der Waals surface area (Å²) in [6.07, 6.45) is 2.87. The maximum absolute atomic E-state index is 12.7. The summed E-state index contributed by atoms with van der Waals surface area (Å²) >= 11 is 7.78. The van der Waals surface area contributed by atoms with Crippen LogP contribution >= 0.6 is 23.4 Å². The van der Waals surface area contributed by atoms with E-state index in [4.69, 9.17) is 25.8 Å². The number of hydrogen-bond acceptors (Lipinski definition) is 6. The van der Waals surface area contributed by atoms with E-state index >= 15 is 0 Å². The molecule has 0 amide bonds. The van der Waals surface area contributed by atoms with Crippen LogP contribution in [-0.2, 0) is 24.8 Å². The van der Waals surface area contributed by atoms with E-state index in [0.717, 1.165) is 17.7 Å². The van der Waals surface area contributed by atoms with Gasteiger partial charge in [0.1, 0.15) is 12.7 Å². The van der Waals surface area contributed by atoms with E-state index in [0.29, 0.717) is 30.2 Å². The number of halogens is 1. The molecule has 1 spiro atoms. The van der Waals surface area contributed by atoms with Crippen molar-refractivity contribution in [2.75, 3.05) is 26.4 Å². The second kappa shape index (κ2) is 9.54. The van der Waals surface area contributed by atoms with Gasteiger partial charge in [-0.2, -0.15) is 0 Å². The molecule has 3 unspecified atom stereocenters. The fourth-order valence-electron chi connectivity index (χ4n) is 3.31. The second-order valence-corrected chi connectivity index (χ2v) is 8.30. The molecule has 0 saturated carbocycles. The molecule has 1 aliphatic heterocycles. The van der Waals surface area contributed by atoms with Crippen LogP contribution in [0.2, 0.25) is 5.02 Å². The first-order chi connectivity index (χ1) is 13.0. The molecule has 7 heteroatoms. The van der Waals surface area contributed by atoms with Gasteiger partial charge in [-0.1, -0.05) is 23.7 Å². The van der Waals surface area contributed by atoms with Crippen molar-refractivity contribution in [3.8, 4) is 0 Å². The summed E-state index contributed by atoms with van der Waals surface area (Å²) in [7, 11) is 0. The predicted molar refractivity (Wildman–Crippen MR) is 106 cm³/mol. The molecule has 1 heterocycles. The van der Waals surface area contributed by atoms with E-state index in [-0.39, 0.29) is 30.4 Å². The van der Waals surface area contributed by atoms with E-state index in [2.05, 4.69) is 0 Å². The number of carbonyl (C=O) groups is 1. The Morgan fingerprint density at radius 2 is 2.33 bits per heavy atom. The van der Waals surface area contributed by atoms with Crippen LogP contribution in [0.5, 0.6) is 0 Å². The zero-order chi connectivity index (χ0) is 19.3. The van der Waals surface area contributed by atoms with Crippen molar-refractivity contribution < 1.29 is 24.1 Å². The predicted octanol–water partition coefficient (Wildman–Crippen LogP) is 3.37. The van der Waals surface area contributed by atoms with E-state index in [1.165, 1.54) is 0 Å². The first-order valence-electron chi connectivity index (χ1n) is 9.17. The molecule has 3 atom stereocenters. The number of carbonyl (C=O) groups excluding carboxylic acids is 1. The minimum atomic E-state index is -0.905. The molecule has 1 N–H and O–H groups in total. The van der Waals surface area contributed by atoms with Crippen molar-refractivity contribution in [2.45, 2.75) is 42.7 Å². The molecule has 2 aliphatic rings. The van der Waals surface area contributed by atoms with Gasteiger partial charge in [-0.15, -0.1) is 11.8 Å². The number of Topliss-reactive ketones (excluding diaryl/α,β-unsaturated/α-hetero) is 1. The zero-order valence-corrected chi connectivity index (χ0v) is 16.9. The van der Waals surface area contributed by atoms with Gasteiger partial charge in [0.05, 0.1) is 13.2 Å². The molecule has 0 bridgehead atoms. The van der Waals surface area contributed by atoms with Crippen molar-refractivity contribution in [2.24, 2.45) is 0 Å². The standard InChI is InChI=1S/C20H25ClO5S/c1-2-24-12-18(23)17-9-20(25-11-16(10-22)26-20)7-6-19(17)27-13-14-4-3-5-15(21)8-14/h3-5,8-9,16,19,22H,2,6-7,10-13H2,1H3. The Bertz CT molecular complexity index is 695. The van der Waals surface area contributed by atoms with Crippen LogP contribution in [0.3, 0.4) is 0 Å². The van der Waals surface area contributed by atoms with Gasteiger partial charge in [0.2, 0.25) is 0 Å². The Kier molecular flexibility index (Phi) is 7.36. The van der Waals surface area contributed by atoms with Crippen LogP contribution in [-0.4, -0.2) is 54.5 Å². The molecule has 27 heavy (non-hydrogen) atoms. The number of rotatable bonds is 8. The number of hydrogen-bond donors (Lipinski definition) is 1. The molecule has 0 aromatic heterocycles. The fourth-order valence-corrected chi connectivity index (χ4v) is 4.76. The highest BCUT2D eigenvalue weighted by atomic mass is 35.5. The highest BCUT2D eigenvalue weighted by Crippen LogP contribution is 2.41. The van der Waals surface area contributed by atoms with E-state index < -0.39 is 5.79 Å². The smallest absolute Gasteiger partial charge is 0.189 e. The normalized spacial score (nSPS) is 27.7. The third kappa shape index (κ3) is 5.34. The topological polar surface area (TPSA) is 65.0 Å². The molecule has 5 nitrogen and oxygen atoms in total. The first-order valence-corrected chi connectivity index (χ1v) is 10.6. The molecular weight excluding hydrogens is 388 g/mol. The van der Waals surface area contributed by atoms with Gasteiger partial charge in [-0.05, 0) is 37.1 Å². The molecule has 148 valence electrons. The largest absolute Gasteiger partial charge is 0.394 e. The van der Waals surface area contributed by atoms with Crippen molar-refractivity contribution in [3.05, 3.63) is 46.5 Å². The van der Waals surface area contributed by atoms with Gasteiger partial charge in [0.15, 0.2) is 11.6 Å². The number of aliphatic hydroxyl groups excluding tert-OH is 1. The van der Waals surface area contributed by atoms with Crippen LogP contribution in [0.15, 0.2) is 35.9 Å². The lowest BCUT2D eigenvalue weighted by molar-refractivity contribution is -0.143. The van der Waals surface area contributed by atoms with E-state index in [1.807, 2.05) is 37.3 Å². The van der Waals surface area contributed by atoms with Gasteiger partial charge in [-0.3, -0.25) is 4.79 Å². The van der Waals surface area contributed by atoms with Crippen molar-refractivity contribution >= 4 is 29.1 Å².